The highest BCUT2D eigenvalue weighted by Crippen LogP contribution is 2.23. The Kier molecular flexibility index (Phi) is 5.46. The first kappa shape index (κ1) is 20.6. The second kappa shape index (κ2) is 7.15. The van der Waals surface area contributed by atoms with Gasteiger partial charge in [-0.25, -0.2) is 13.2 Å². The average Bonchev–Trinajstić information content (AvgIpc) is 2.95. The highest BCUT2D eigenvalue weighted by Gasteiger charge is 2.22. The van der Waals surface area contributed by atoms with Gasteiger partial charge in [-0.15, -0.1) is 0 Å². The Hall–Kier alpha value is -2.68. The van der Waals surface area contributed by atoms with Crippen molar-refractivity contribution in [3.63, 3.8) is 0 Å². The Morgan fingerprint density at radius 3 is 2.30 bits per heavy atom. The number of methoxy groups -OCH3 is 1. The minimum absolute atomic E-state index is 0.0475. The number of esters is 1. The van der Waals surface area contributed by atoms with E-state index < -0.39 is 21.7 Å². The van der Waals surface area contributed by atoms with Gasteiger partial charge in [-0.2, -0.15) is 5.10 Å². The Labute approximate surface area is 158 Å². The lowest BCUT2D eigenvalue weighted by Crippen LogP contribution is -2.25. The summed E-state index contributed by atoms with van der Waals surface area (Å²) in [4.78, 5) is 24.6. The molecule has 0 unspecified atom stereocenters. The summed E-state index contributed by atoms with van der Waals surface area (Å²) < 4.78 is 29.9. The summed E-state index contributed by atoms with van der Waals surface area (Å²) in [5, 5.41) is 6.92. The van der Waals surface area contributed by atoms with Crippen molar-refractivity contribution in [1.82, 2.24) is 9.78 Å². The van der Waals surface area contributed by atoms with Crippen LogP contribution in [0.1, 0.15) is 47.3 Å². The number of benzene rings is 1. The Balaban J connectivity index is 2.42. The van der Waals surface area contributed by atoms with E-state index in [0.29, 0.717) is 0 Å². The number of nitrogens with one attached hydrogen (secondary N) is 1. The second-order valence-electron chi connectivity index (χ2n) is 7.18. The largest absolute Gasteiger partial charge is 0.465 e. The van der Waals surface area contributed by atoms with Crippen LogP contribution in [0.2, 0.25) is 0 Å². The van der Waals surface area contributed by atoms with Crippen molar-refractivity contribution >= 4 is 27.4 Å². The number of nitrogens with zero attached hydrogens (tertiary/aromatic N) is 2. The van der Waals surface area contributed by atoms with Crippen LogP contribution >= 0.6 is 0 Å². The van der Waals surface area contributed by atoms with Gasteiger partial charge in [0.15, 0.2) is 15.5 Å². The monoisotopic (exact) mass is 393 g/mol. The molecule has 1 aromatic heterocycles. The molecule has 8 nitrogen and oxygen atoms in total. The molecule has 2 rings (SSSR count). The molecule has 0 aliphatic carbocycles. The van der Waals surface area contributed by atoms with E-state index in [1.807, 2.05) is 27.7 Å². The van der Waals surface area contributed by atoms with Crippen molar-refractivity contribution in [2.75, 3.05) is 18.7 Å². The number of hydrogen-bond acceptors (Lipinski definition) is 6. The van der Waals surface area contributed by atoms with E-state index in [4.69, 9.17) is 4.74 Å². The van der Waals surface area contributed by atoms with E-state index in [0.717, 1.165) is 11.9 Å². The quantitative estimate of drug-likeness (QED) is 0.799. The maximum Gasteiger partial charge on any atom is 0.340 e. The molecule has 0 aliphatic heterocycles. The molecule has 27 heavy (non-hydrogen) atoms. The summed E-state index contributed by atoms with van der Waals surface area (Å²) >= 11 is 0. The number of ether oxygens (including phenoxy) is 1. The molecule has 9 heteroatoms. The third-order valence-corrected chi connectivity index (χ3v) is 4.94. The molecule has 1 N–H and O–H groups in total. The molecule has 2 aromatic rings. The van der Waals surface area contributed by atoms with Gasteiger partial charge in [0.05, 0.1) is 28.8 Å². The highest BCUT2D eigenvalue weighted by atomic mass is 32.2. The maximum atomic E-state index is 12.6. The van der Waals surface area contributed by atoms with Gasteiger partial charge < -0.3 is 10.1 Å². The molecule has 1 amide bonds. The molecule has 1 aromatic carbocycles. The topological polar surface area (TPSA) is 107 Å². The zero-order valence-electron chi connectivity index (χ0n) is 16.2. The predicted octanol–water partition coefficient (Wildman–Crippen LogP) is 2.39. The average molecular weight is 393 g/mol. The molecule has 0 spiro atoms. The lowest BCUT2D eigenvalue weighted by atomic mass is 10.1. The van der Waals surface area contributed by atoms with Crippen molar-refractivity contribution in [3.8, 4) is 0 Å². The molecule has 0 aliphatic rings. The van der Waals surface area contributed by atoms with Crippen LogP contribution in [0.5, 0.6) is 0 Å². The molecule has 0 fully saturated rings. The van der Waals surface area contributed by atoms with Gasteiger partial charge in [-0.05, 0) is 52.0 Å². The van der Waals surface area contributed by atoms with Crippen molar-refractivity contribution in [1.29, 1.82) is 0 Å². The van der Waals surface area contributed by atoms with Gasteiger partial charge >= 0.3 is 5.97 Å². The minimum Gasteiger partial charge on any atom is -0.465 e. The number of rotatable bonds is 4. The van der Waals surface area contributed by atoms with Crippen molar-refractivity contribution in [2.45, 2.75) is 38.1 Å². The molecule has 0 radical (unpaired) electrons. The first-order valence-corrected chi connectivity index (χ1v) is 10.0. The standard InChI is InChI=1S/C18H23N3O5S/c1-11-9-15(20-21(11)18(2,3)4)16(22)19-14-8-7-12(27(6,24)25)10-13(14)17(23)26-5/h7-10H,1-6H3,(H,19,22). The number of carbonyl (C=O) groups is 2. The van der Waals surface area contributed by atoms with Crippen LogP contribution in [0.3, 0.4) is 0 Å². The summed E-state index contributed by atoms with van der Waals surface area (Å²) in [6, 6.07) is 5.49. The Morgan fingerprint density at radius 1 is 1.19 bits per heavy atom. The first-order chi connectivity index (χ1) is 12.3. The second-order valence-corrected chi connectivity index (χ2v) is 9.19. The summed E-state index contributed by atoms with van der Waals surface area (Å²) in [6.07, 6.45) is 1.03. The molecule has 0 saturated heterocycles. The lowest BCUT2D eigenvalue weighted by molar-refractivity contribution is 0.0601. The molecular weight excluding hydrogens is 370 g/mol. The normalized spacial score (nSPS) is 11.9. The number of aryl methyl sites for hydroxylation is 1. The van der Waals surface area contributed by atoms with Gasteiger partial charge in [-0.1, -0.05) is 0 Å². The molecule has 0 saturated carbocycles. The Morgan fingerprint density at radius 2 is 1.81 bits per heavy atom. The van der Waals surface area contributed by atoms with E-state index >= 15 is 0 Å². The number of amides is 1. The zero-order chi connectivity index (χ0) is 20.6. The number of carbonyl (C=O) groups excluding carboxylic acids is 2. The van der Waals surface area contributed by atoms with E-state index in [1.165, 1.54) is 25.3 Å². The molecular formula is C18H23N3O5S. The van der Waals surface area contributed by atoms with Gasteiger partial charge in [0, 0.05) is 11.9 Å². The van der Waals surface area contributed by atoms with E-state index in [2.05, 4.69) is 10.4 Å². The number of sulfone groups is 1. The van der Waals surface area contributed by atoms with E-state index in [9.17, 15) is 18.0 Å². The zero-order valence-corrected chi connectivity index (χ0v) is 17.0. The minimum atomic E-state index is -3.52. The fraction of sp³-hybridized carbons (Fsp3) is 0.389. The van der Waals surface area contributed by atoms with Crippen LogP contribution < -0.4 is 5.32 Å². The fourth-order valence-electron chi connectivity index (χ4n) is 2.59. The predicted molar refractivity (Wildman–Crippen MR) is 101 cm³/mol. The third-order valence-electron chi connectivity index (χ3n) is 3.83. The van der Waals surface area contributed by atoms with E-state index in [-0.39, 0.29) is 27.4 Å². The van der Waals surface area contributed by atoms with Crippen LogP contribution in [-0.2, 0) is 20.1 Å². The van der Waals surface area contributed by atoms with Crippen LogP contribution in [0.15, 0.2) is 29.2 Å². The summed E-state index contributed by atoms with van der Waals surface area (Å²) in [7, 11) is -2.34. The summed E-state index contributed by atoms with van der Waals surface area (Å²) in [6.45, 7) is 7.74. The summed E-state index contributed by atoms with van der Waals surface area (Å²) in [5.74, 6) is -1.27. The van der Waals surface area contributed by atoms with Gasteiger partial charge in [0.2, 0.25) is 0 Å². The molecule has 1 heterocycles. The van der Waals surface area contributed by atoms with Gasteiger partial charge in [-0.3, -0.25) is 9.48 Å². The fourth-order valence-corrected chi connectivity index (χ4v) is 3.24. The lowest BCUT2D eigenvalue weighted by Gasteiger charge is -2.21. The van der Waals surface area contributed by atoms with Crippen LogP contribution in [-0.4, -0.2) is 43.4 Å². The van der Waals surface area contributed by atoms with Crippen LogP contribution in [0.25, 0.3) is 0 Å². The molecule has 146 valence electrons. The van der Waals surface area contributed by atoms with Crippen molar-refractivity contribution < 1.29 is 22.7 Å². The van der Waals surface area contributed by atoms with E-state index in [1.54, 1.807) is 10.7 Å². The third kappa shape index (κ3) is 4.54. The molecule has 0 atom stereocenters. The van der Waals surface area contributed by atoms with Gasteiger partial charge in [0.25, 0.3) is 5.91 Å². The molecule has 0 bridgehead atoms. The van der Waals surface area contributed by atoms with Crippen molar-refractivity contribution in [2.24, 2.45) is 0 Å². The van der Waals surface area contributed by atoms with Crippen LogP contribution in [0, 0.1) is 6.92 Å². The number of anilines is 1. The maximum absolute atomic E-state index is 12.6. The highest BCUT2D eigenvalue weighted by molar-refractivity contribution is 7.90. The number of hydrogen-bond donors (Lipinski definition) is 1. The van der Waals surface area contributed by atoms with Crippen molar-refractivity contribution in [3.05, 3.63) is 41.2 Å². The van der Waals surface area contributed by atoms with Gasteiger partial charge in [0.1, 0.15) is 0 Å². The smallest absolute Gasteiger partial charge is 0.340 e. The van der Waals surface area contributed by atoms with Crippen LogP contribution in [0.4, 0.5) is 5.69 Å². The first-order valence-electron chi connectivity index (χ1n) is 8.15. The number of aromatic nitrogens is 2. The summed E-state index contributed by atoms with van der Waals surface area (Å²) in [5.41, 5.74) is 0.790. The Bertz CT molecular complexity index is 1000. The SMILES string of the molecule is COC(=O)c1cc(S(C)(=O)=O)ccc1NC(=O)c1cc(C)n(C(C)(C)C)n1.